The van der Waals surface area contributed by atoms with E-state index in [9.17, 15) is 14.4 Å². The summed E-state index contributed by atoms with van der Waals surface area (Å²) in [6, 6.07) is 13.2. The first-order chi connectivity index (χ1) is 19.0. The number of piperazine rings is 1. The Balaban J connectivity index is 1.36. The lowest BCUT2D eigenvalue weighted by Gasteiger charge is -2.33. The highest BCUT2D eigenvalue weighted by Crippen LogP contribution is 2.26. The van der Waals surface area contributed by atoms with E-state index >= 15 is 0 Å². The van der Waals surface area contributed by atoms with E-state index in [1.54, 1.807) is 27.9 Å². The smallest absolute Gasteiger partial charge is 0.317 e. The van der Waals surface area contributed by atoms with Gasteiger partial charge < -0.3 is 30.7 Å². The van der Waals surface area contributed by atoms with Gasteiger partial charge in [-0.15, -0.1) is 11.3 Å². The van der Waals surface area contributed by atoms with E-state index in [2.05, 4.69) is 37.8 Å². The van der Waals surface area contributed by atoms with Crippen LogP contribution < -0.4 is 16.0 Å². The van der Waals surface area contributed by atoms with Crippen molar-refractivity contribution < 1.29 is 14.4 Å². The molecule has 3 aromatic rings. The SMILES string of the molecule is CN1CCN(CCCN(Cc2ccc(C(=O)Nc3cscc3NC=O)nc2)C(=O)NCc2ccccc2)CC1. The third-order valence-corrected chi connectivity index (χ3v) is 7.37. The van der Waals surface area contributed by atoms with Gasteiger partial charge in [0, 0.05) is 62.8 Å². The third kappa shape index (κ3) is 8.60. The predicted molar refractivity (Wildman–Crippen MR) is 154 cm³/mol. The molecule has 3 N–H and O–H groups in total. The summed E-state index contributed by atoms with van der Waals surface area (Å²) < 4.78 is 0. The normalized spacial score (nSPS) is 14.0. The number of carbonyl (C=O) groups excluding carboxylic acids is 3. The number of thiophene rings is 1. The van der Waals surface area contributed by atoms with Crippen LogP contribution in [0.15, 0.2) is 59.4 Å². The number of carbonyl (C=O) groups is 3. The molecule has 1 aromatic carbocycles. The first kappa shape index (κ1) is 28.2. The number of pyridine rings is 1. The summed E-state index contributed by atoms with van der Waals surface area (Å²) in [6.45, 7) is 6.61. The molecule has 1 aliphatic heterocycles. The Kier molecular flexibility index (Phi) is 10.4. The Morgan fingerprint density at radius 2 is 1.79 bits per heavy atom. The highest BCUT2D eigenvalue weighted by atomic mass is 32.1. The zero-order valence-electron chi connectivity index (χ0n) is 22.1. The van der Waals surface area contributed by atoms with Crippen molar-refractivity contribution in [2.45, 2.75) is 19.5 Å². The van der Waals surface area contributed by atoms with Crippen molar-refractivity contribution in [2.24, 2.45) is 0 Å². The maximum Gasteiger partial charge on any atom is 0.317 e. The average molecular weight is 550 g/mol. The molecule has 11 heteroatoms. The molecular weight excluding hydrogens is 514 g/mol. The summed E-state index contributed by atoms with van der Waals surface area (Å²) in [7, 11) is 2.14. The quantitative estimate of drug-likeness (QED) is 0.299. The standard InChI is InChI=1S/C28H35N7O3S/c1-33-12-14-34(15-13-33)10-5-11-35(28(38)30-16-22-6-3-2-4-7-22)18-23-8-9-24(29-17-23)27(37)32-26-20-39-19-25(26)31-21-36/h2-4,6-9,17,19-21H,5,10-16,18H2,1H3,(H,30,38)(H,31,36)(H,32,37). The molecule has 10 nitrogen and oxygen atoms in total. The van der Waals surface area contributed by atoms with Crippen molar-refractivity contribution in [1.29, 1.82) is 0 Å². The van der Waals surface area contributed by atoms with Gasteiger partial charge in [-0.2, -0.15) is 0 Å². The maximum absolute atomic E-state index is 13.2. The molecule has 1 aliphatic rings. The van der Waals surface area contributed by atoms with Crippen molar-refractivity contribution >= 4 is 41.1 Å². The fraction of sp³-hybridized carbons (Fsp3) is 0.357. The van der Waals surface area contributed by atoms with Crippen LogP contribution in [-0.2, 0) is 17.9 Å². The number of urea groups is 1. The lowest BCUT2D eigenvalue weighted by molar-refractivity contribution is -0.105. The molecule has 0 bridgehead atoms. The van der Waals surface area contributed by atoms with Crippen LogP contribution in [0.1, 0.15) is 28.0 Å². The number of hydrogen-bond acceptors (Lipinski definition) is 7. The van der Waals surface area contributed by atoms with Crippen molar-refractivity contribution in [1.82, 2.24) is 25.0 Å². The minimum absolute atomic E-state index is 0.133. The van der Waals surface area contributed by atoms with Gasteiger partial charge in [0.15, 0.2) is 0 Å². The predicted octanol–water partition coefficient (Wildman–Crippen LogP) is 3.31. The number of hydrogen-bond donors (Lipinski definition) is 3. The highest BCUT2D eigenvalue weighted by molar-refractivity contribution is 7.09. The summed E-state index contributed by atoms with van der Waals surface area (Å²) in [4.78, 5) is 47.5. The zero-order valence-corrected chi connectivity index (χ0v) is 23.0. The fourth-order valence-corrected chi connectivity index (χ4v) is 5.04. The highest BCUT2D eigenvalue weighted by Gasteiger charge is 2.18. The van der Waals surface area contributed by atoms with Crippen molar-refractivity contribution in [3.63, 3.8) is 0 Å². The second-order valence-corrected chi connectivity index (χ2v) is 10.3. The topological polar surface area (TPSA) is 110 Å². The largest absolute Gasteiger partial charge is 0.334 e. The monoisotopic (exact) mass is 549 g/mol. The number of benzene rings is 1. The first-order valence-corrected chi connectivity index (χ1v) is 14.0. The number of nitrogens with zero attached hydrogens (tertiary/aromatic N) is 4. The van der Waals surface area contributed by atoms with Crippen molar-refractivity contribution in [2.75, 3.05) is 56.9 Å². The van der Waals surface area contributed by atoms with E-state index in [-0.39, 0.29) is 17.6 Å². The molecule has 4 amide bonds. The molecule has 2 aromatic heterocycles. The Morgan fingerprint density at radius 1 is 1.03 bits per heavy atom. The van der Waals surface area contributed by atoms with Gasteiger partial charge in [0.25, 0.3) is 5.91 Å². The van der Waals surface area contributed by atoms with Gasteiger partial charge in [-0.25, -0.2) is 4.79 Å². The summed E-state index contributed by atoms with van der Waals surface area (Å²) in [5, 5.41) is 11.8. The first-order valence-electron chi connectivity index (χ1n) is 13.0. The van der Waals surface area contributed by atoms with Crippen LogP contribution in [0.25, 0.3) is 0 Å². The van der Waals surface area contributed by atoms with Crippen molar-refractivity contribution in [3.8, 4) is 0 Å². The molecule has 0 unspecified atom stereocenters. The molecule has 1 fully saturated rings. The summed E-state index contributed by atoms with van der Waals surface area (Å²) in [5.41, 5.74) is 3.17. The van der Waals surface area contributed by atoms with Crippen LogP contribution in [0.5, 0.6) is 0 Å². The molecule has 0 aliphatic carbocycles. The number of rotatable bonds is 12. The van der Waals surface area contributed by atoms with E-state index in [1.165, 1.54) is 11.3 Å². The molecular formula is C28H35N7O3S. The second kappa shape index (κ2) is 14.4. The van der Waals surface area contributed by atoms with Gasteiger partial charge in [-0.3, -0.25) is 14.6 Å². The van der Waals surface area contributed by atoms with Gasteiger partial charge in [0.05, 0.1) is 11.4 Å². The van der Waals surface area contributed by atoms with E-state index in [0.29, 0.717) is 37.4 Å². The minimum atomic E-state index is -0.376. The van der Waals surface area contributed by atoms with Crippen LogP contribution in [0.3, 0.4) is 0 Å². The number of amides is 4. The fourth-order valence-electron chi connectivity index (χ4n) is 4.32. The number of anilines is 2. The van der Waals surface area contributed by atoms with Gasteiger partial charge in [0.2, 0.25) is 6.41 Å². The number of aromatic nitrogens is 1. The Morgan fingerprint density at radius 3 is 2.51 bits per heavy atom. The second-order valence-electron chi connectivity index (χ2n) is 9.53. The van der Waals surface area contributed by atoms with E-state index in [4.69, 9.17) is 0 Å². The van der Waals surface area contributed by atoms with E-state index in [1.807, 2.05) is 36.4 Å². The molecule has 3 heterocycles. The Bertz CT molecular complexity index is 1210. The number of likely N-dealkylation sites (N-methyl/N-ethyl adjacent to an activating group) is 1. The van der Waals surface area contributed by atoms with Gasteiger partial charge in [-0.1, -0.05) is 36.4 Å². The van der Waals surface area contributed by atoms with Crippen LogP contribution >= 0.6 is 11.3 Å². The average Bonchev–Trinajstić information content (AvgIpc) is 3.39. The molecule has 206 valence electrons. The molecule has 0 spiro atoms. The Hall–Kier alpha value is -3.80. The molecule has 1 saturated heterocycles. The summed E-state index contributed by atoms with van der Waals surface area (Å²) in [6.07, 6.45) is 3.07. The van der Waals surface area contributed by atoms with Gasteiger partial charge in [-0.05, 0) is 37.2 Å². The van der Waals surface area contributed by atoms with E-state index in [0.717, 1.165) is 50.3 Å². The molecule has 0 saturated carbocycles. The molecule has 4 rings (SSSR count). The lowest BCUT2D eigenvalue weighted by Crippen LogP contribution is -2.45. The Labute approximate surface area is 233 Å². The maximum atomic E-state index is 13.2. The summed E-state index contributed by atoms with van der Waals surface area (Å²) >= 11 is 1.37. The lowest BCUT2D eigenvalue weighted by atomic mass is 10.2. The zero-order chi connectivity index (χ0) is 27.5. The number of nitrogens with one attached hydrogen (secondary N) is 3. The van der Waals surface area contributed by atoms with Crippen LogP contribution in [0.2, 0.25) is 0 Å². The van der Waals surface area contributed by atoms with Crippen LogP contribution in [0.4, 0.5) is 16.2 Å². The van der Waals surface area contributed by atoms with Crippen LogP contribution in [0, 0.1) is 0 Å². The van der Waals surface area contributed by atoms with E-state index < -0.39 is 0 Å². The molecule has 39 heavy (non-hydrogen) atoms. The van der Waals surface area contributed by atoms with Crippen LogP contribution in [-0.4, -0.2) is 84.3 Å². The third-order valence-electron chi connectivity index (χ3n) is 6.63. The molecule has 0 radical (unpaired) electrons. The van der Waals surface area contributed by atoms with Gasteiger partial charge in [0.1, 0.15) is 5.69 Å². The minimum Gasteiger partial charge on any atom is -0.334 e. The van der Waals surface area contributed by atoms with Crippen molar-refractivity contribution in [3.05, 3.63) is 76.2 Å². The van der Waals surface area contributed by atoms with Gasteiger partial charge >= 0.3 is 6.03 Å². The molecule has 0 atom stereocenters. The summed E-state index contributed by atoms with van der Waals surface area (Å²) in [5.74, 6) is -0.376.